The van der Waals surface area contributed by atoms with Gasteiger partial charge in [-0.1, -0.05) is 48.5 Å². The third kappa shape index (κ3) is 3.47. The molecule has 0 aromatic heterocycles. The Hall–Kier alpha value is -0.570. The smallest absolute Gasteiger partial charge is 0.228 e. The molecule has 1 rings (SSSR count). The molecule has 18 heavy (non-hydrogen) atoms. The fourth-order valence-electron chi connectivity index (χ4n) is 2.50. The summed E-state index contributed by atoms with van der Waals surface area (Å²) in [5.74, 6) is 1.35. The molecule has 1 fully saturated rings. The van der Waals surface area contributed by atoms with Crippen LogP contribution in [0.5, 0.6) is 0 Å². The largest absolute Gasteiger partial charge is 0.336 e. The zero-order valence-electron chi connectivity index (χ0n) is 13.1. The number of carbonyl (C=O) groups excluding carboxylic acids is 1. The van der Waals surface area contributed by atoms with Gasteiger partial charge in [0, 0.05) is 30.6 Å². The lowest BCUT2D eigenvalue weighted by molar-refractivity contribution is -0.145. The number of nitrogens with zero attached hydrogens (tertiary/aromatic N) is 1. The standard InChI is InChI=1S/C15H30N2O/c1-10(2)12-9-17(14(18)15(5,6)7)13(8-16-12)11(3)4/h10-13,16H,8-9H2,1-7H3. The van der Waals surface area contributed by atoms with E-state index in [2.05, 4.69) is 37.9 Å². The average Bonchev–Trinajstić information content (AvgIpc) is 2.25. The van der Waals surface area contributed by atoms with E-state index in [0.29, 0.717) is 23.9 Å². The predicted octanol–water partition coefficient (Wildman–Crippen LogP) is 2.51. The van der Waals surface area contributed by atoms with Crippen LogP contribution in [0.3, 0.4) is 0 Å². The summed E-state index contributed by atoms with van der Waals surface area (Å²) in [5.41, 5.74) is -0.286. The van der Waals surface area contributed by atoms with Gasteiger partial charge in [-0.3, -0.25) is 4.79 Å². The van der Waals surface area contributed by atoms with Gasteiger partial charge in [0.25, 0.3) is 0 Å². The molecule has 1 saturated heterocycles. The Kier molecular flexibility index (Phi) is 4.82. The molecule has 2 unspecified atom stereocenters. The Labute approximate surface area is 112 Å². The van der Waals surface area contributed by atoms with E-state index in [1.807, 2.05) is 20.8 Å². The third-order valence-corrected chi connectivity index (χ3v) is 3.86. The SMILES string of the molecule is CC(C)C1CN(C(=O)C(C)(C)C)C(C(C)C)CN1. The first-order valence-corrected chi connectivity index (χ1v) is 7.19. The summed E-state index contributed by atoms with van der Waals surface area (Å²) in [7, 11) is 0. The fraction of sp³-hybridized carbons (Fsp3) is 0.933. The van der Waals surface area contributed by atoms with Gasteiger partial charge in [0.05, 0.1) is 0 Å². The van der Waals surface area contributed by atoms with Gasteiger partial charge in [-0.15, -0.1) is 0 Å². The number of carbonyl (C=O) groups is 1. The minimum atomic E-state index is -0.286. The number of nitrogens with one attached hydrogen (secondary N) is 1. The zero-order chi connectivity index (χ0) is 14.1. The summed E-state index contributed by atoms with van der Waals surface area (Å²) in [4.78, 5) is 14.7. The zero-order valence-corrected chi connectivity index (χ0v) is 13.1. The molecule has 0 aromatic carbocycles. The second kappa shape index (κ2) is 5.60. The first-order chi connectivity index (χ1) is 8.14. The lowest BCUT2D eigenvalue weighted by Gasteiger charge is -2.45. The monoisotopic (exact) mass is 254 g/mol. The van der Waals surface area contributed by atoms with Gasteiger partial charge < -0.3 is 10.2 Å². The maximum absolute atomic E-state index is 12.6. The Morgan fingerprint density at radius 3 is 2.11 bits per heavy atom. The maximum Gasteiger partial charge on any atom is 0.228 e. The van der Waals surface area contributed by atoms with Crippen LogP contribution < -0.4 is 5.32 Å². The van der Waals surface area contributed by atoms with Crippen LogP contribution in [0, 0.1) is 17.3 Å². The van der Waals surface area contributed by atoms with E-state index < -0.39 is 0 Å². The van der Waals surface area contributed by atoms with E-state index in [9.17, 15) is 4.79 Å². The maximum atomic E-state index is 12.6. The van der Waals surface area contributed by atoms with Crippen molar-refractivity contribution in [1.29, 1.82) is 0 Å². The van der Waals surface area contributed by atoms with Crippen LogP contribution >= 0.6 is 0 Å². The predicted molar refractivity (Wildman–Crippen MR) is 76.4 cm³/mol. The molecule has 0 radical (unpaired) electrons. The van der Waals surface area contributed by atoms with Crippen LogP contribution in [-0.2, 0) is 4.79 Å². The Morgan fingerprint density at radius 2 is 1.72 bits per heavy atom. The minimum absolute atomic E-state index is 0.286. The summed E-state index contributed by atoms with van der Waals surface area (Å²) in [5, 5.41) is 3.59. The molecule has 1 amide bonds. The molecular weight excluding hydrogens is 224 g/mol. The summed E-state index contributed by atoms with van der Waals surface area (Å²) in [6.07, 6.45) is 0. The van der Waals surface area contributed by atoms with E-state index in [1.165, 1.54) is 0 Å². The molecule has 3 heteroatoms. The van der Waals surface area contributed by atoms with Crippen LogP contribution in [0.1, 0.15) is 48.5 Å². The molecule has 1 aliphatic rings. The number of amides is 1. The van der Waals surface area contributed by atoms with Crippen molar-refractivity contribution >= 4 is 5.91 Å². The van der Waals surface area contributed by atoms with Gasteiger partial charge in [0.15, 0.2) is 0 Å². The molecular formula is C15H30N2O. The van der Waals surface area contributed by atoms with Gasteiger partial charge in [-0.2, -0.15) is 0 Å². The fourth-order valence-corrected chi connectivity index (χ4v) is 2.50. The second-order valence-corrected chi connectivity index (χ2v) is 7.28. The van der Waals surface area contributed by atoms with E-state index >= 15 is 0 Å². The van der Waals surface area contributed by atoms with Crippen molar-refractivity contribution in [3.05, 3.63) is 0 Å². The van der Waals surface area contributed by atoms with Crippen molar-refractivity contribution in [2.24, 2.45) is 17.3 Å². The lowest BCUT2D eigenvalue weighted by atomic mass is 9.89. The van der Waals surface area contributed by atoms with Gasteiger partial charge in [-0.05, 0) is 11.8 Å². The highest BCUT2D eigenvalue weighted by atomic mass is 16.2. The molecule has 3 nitrogen and oxygen atoms in total. The first-order valence-electron chi connectivity index (χ1n) is 7.19. The normalized spacial score (nSPS) is 25.9. The van der Waals surface area contributed by atoms with Crippen LogP contribution in [0.25, 0.3) is 0 Å². The Balaban J connectivity index is 2.88. The summed E-state index contributed by atoms with van der Waals surface area (Å²) in [6.45, 7) is 16.6. The van der Waals surface area contributed by atoms with Crippen LogP contribution in [0.4, 0.5) is 0 Å². The second-order valence-electron chi connectivity index (χ2n) is 7.28. The Morgan fingerprint density at radius 1 is 1.17 bits per heavy atom. The lowest BCUT2D eigenvalue weighted by Crippen LogP contribution is -2.62. The van der Waals surface area contributed by atoms with E-state index in [0.717, 1.165) is 13.1 Å². The molecule has 106 valence electrons. The highest BCUT2D eigenvalue weighted by Crippen LogP contribution is 2.25. The Bertz CT molecular complexity index is 291. The number of hydrogen-bond donors (Lipinski definition) is 1. The number of piperazine rings is 1. The molecule has 0 spiro atoms. The van der Waals surface area contributed by atoms with Crippen molar-refractivity contribution in [2.75, 3.05) is 13.1 Å². The van der Waals surface area contributed by atoms with Crippen LogP contribution in [0.2, 0.25) is 0 Å². The highest BCUT2D eigenvalue weighted by Gasteiger charge is 2.38. The number of hydrogen-bond acceptors (Lipinski definition) is 2. The molecule has 1 heterocycles. The summed E-state index contributed by atoms with van der Waals surface area (Å²) < 4.78 is 0. The molecule has 0 saturated carbocycles. The van der Waals surface area contributed by atoms with E-state index in [1.54, 1.807) is 0 Å². The van der Waals surface area contributed by atoms with Gasteiger partial charge in [-0.25, -0.2) is 0 Å². The molecule has 0 aromatic rings. The van der Waals surface area contributed by atoms with Crippen molar-refractivity contribution in [1.82, 2.24) is 10.2 Å². The molecule has 2 atom stereocenters. The van der Waals surface area contributed by atoms with E-state index in [-0.39, 0.29) is 11.3 Å². The van der Waals surface area contributed by atoms with Gasteiger partial charge in [0.1, 0.15) is 0 Å². The van der Waals surface area contributed by atoms with Crippen LogP contribution in [0.15, 0.2) is 0 Å². The van der Waals surface area contributed by atoms with E-state index in [4.69, 9.17) is 0 Å². The quantitative estimate of drug-likeness (QED) is 0.821. The molecule has 0 aliphatic carbocycles. The number of rotatable bonds is 2. The summed E-state index contributed by atoms with van der Waals surface area (Å²) >= 11 is 0. The van der Waals surface area contributed by atoms with Crippen LogP contribution in [-0.4, -0.2) is 36.0 Å². The highest BCUT2D eigenvalue weighted by molar-refractivity contribution is 5.82. The van der Waals surface area contributed by atoms with Gasteiger partial charge in [0.2, 0.25) is 5.91 Å². The average molecular weight is 254 g/mol. The molecule has 0 bridgehead atoms. The summed E-state index contributed by atoms with van der Waals surface area (Å²) in [6, 6.07) is 0.748. The van der Waals surface area contributed by atoms with Crippen molar-refractivity contribution in [3.63, 3.8) is 0 Å². The molecule has 1 aliphatic heterocycles. The van der Waals surface area contributed by atoms with Crippen molar-refractivity contribution in [2.45, 2.75) is 60.5 Å². The van der Waals surface area contributed by atoms with Gasteiger partial charge >= 0.3 is 0 Å². The minimum Gasteiger partial charge on any atom is -0.336 e. The van der Waals surface area contributed by atoms with Crippen molar-refractivity contribution in [3.8, 4) is 0 Å². The molecule has 1 N–H and O–H groups in total. The third-order valence-electron chi connectivity index (χ3n) is 3.86. The first kappa shape index (κ1) is 15.5. The van der Waals surface area contributed by atoms with Crippen molar-refractivity contribution < 1.29 is 4.79 Å². The topological polar surface area (TPSA) is 32.3 Å².